The first-order valence-electron chi connectivity index (χ1n) is 7.75. The number of carbonyl (C=O) groups excluding carboxylic acids is 1. The number of fused-ring (bicyclic) bond motifs is 1. The lowest BCUT2D eigenvalue weighted by Crippen LogP contribution is -2.55. The molecule has 0 radical (unpaired) electrons. The minimum absolute atomic E-state index is 0.0130. The number of hydrogen-bond acceptors (Lipinski definition) is 4. The van der Waals surface area contributed by atoms with Crippen LogP contribution in [0, 0.1) is 5.41 Å². The lowest BCUT2D eigenvalue weighted by molar-refractivity contribution is -0.00699. The quantitative estimate of drug-likeness (QED) is 0.793. The summed E-state index contributed by atoms with van der Waals surface area (Å²) in [6, 6.07) is 0. The third-order valence-corrected chi connectivity index (χ3v) is 4.96. The summed E-state index contributed by atoms with van der Waals surface area (Å²) in [6.45, 7) is 11.6. The molecule has 2 atom stereocenters. The molecule has 0 unspecified atom stereocenters. The smallest absolute Gasteiger partial charge is 0.272 e. The van der Waals surface area contributed by atoms with Crippen molar-refractivity contribution in [2.75, 3.05) is 6.61 Å². The molecule has 0 saturated carbocycles. The molecule has 1 amide bonds. The number of aromatic nitrogens is 2. The van der Waals surface area contributed by atoms with E-state index in [0.29, 0.717) is 12.1 Å². The second kappa shape index (κ2) is 5.66. The van der Waals surface area contributed by atoms with E-state index < -0.39 is 11.0 Å². The highest BCUT2D eigenvalue weighted by Gasteiger charge is 2.39. The van der Waals surface area contributed by atoms with Gasteiger partial charge in [-0.15, -0.1) is 0 Å². The van der Waals surface area contributed by atoms with Gasteiger partial charge in [-0.2, -0.15) is 5.10 Å². The van der Waals surface area contributed by atoms with Crippen LogP contribution in [0.15, 0.2) is 0 Å². The highest BCUT2D eigenvalue weighted by Crippen LogP contribution is 2.32. The average Bonchev–Trinajstić information content (AvgIpc) is 2.81. The molecule has 0 saturated heterocycles. The molecular formula is C16H27N3O3. The molecule has 0 fully saturated rings. The zero-order valence-electron chi connectivity index (χ0n) is 14.3. The molecule has 22 heavy (non-hydrogen) atoms. The number of H-pyrrole nitrogens is 1. The molecule has 0 aromatic carbocycles. The Morgan fingerprint density at radius 2 is 2.05 bits per heavy atom. The van der Waals surface area contributed by atoms with Crippen LogP contribution in [0.1, 0.15) is 69.4 Å². The van der Waals surface area contributed by atoms with Gasteiger partial charge in [-0.3, -0.25) is 9.89 Å². The Bertz CT molecular complexity index is 563. The number of rotatable bonds is 4. The Morgan fingerprint density at radius 3 is 2.64 bits per heavy atom. The molecule has 1 aromatic heterocycles. The Hall–Kier alpha value is -1.40. The predicted molar refractivity (Wildman–Crippen MR) is 83.7 cm³/mol. The van der Waals surface area contributed by atoms with E-state index in [-0.39, 0.29) is 24.7 Å². The van der Waals surface area contributed by atoms with E-state index in [9.17, 15) is 9.90 Å². The largest absolute Gasteiger partial charge is 0.396 e. The fraction of sp³-hybridized carbons (Fsp3) is 0.750. The van der Waals surface area contributed by atoms with Gasteiger partial charge in [0.05, 0.1) is 24.5 Å². The molecule has 124 valence electrons. The van der Waals surface area contributed by atoms with E-state index >= 15 is 0 Å². The number of aliphatic hydroxyl groups is 1. The highest BCUT2D eigenvalue weighted by molar-refractivity contribution is 5.94. The first-order chi connectivity index (χ1) is 10.1. The summed E-state index contributed by atoms with van der Waals surface area (Å²) < 4.78 is 5.74. The summed E-state index contributed by atoms with van der Waals surface area (Å²) in [4.78, 5) is 12.7. The minimum atomic E-state index is -0.562. The van der Waals surface area contributed by atoms with Crippen molar-refractivity contribution in [3.63, 3.8) is 0 Å². The fourth-order valence-electron chi connectivity index (χ4n) is 2.57. The summed E-state index contributed by atoms with van der Waals surface area (Å²) in [7, 11) is 0. The van der Waals surface area contributed by atoms with Gasteiger partial charge in [-0.05, 0) is 27.7 Å². The number of amides is 1. The minimum Gasteiger partial charge on any atom is -0.396 e. The van der Waals surface area contributed by atoms with Gasteiger partial charge in [0.25, 0.3) is 5.91 Å². The van der Waals surface area contributed by atoms with Crippen LogP contribution in [0.4, 0.5) is 0 Å². The molecule has 0 aliphatic carbocycles. The van der Waals surface area contributed by atoms with Crippen molar-refractivity contribution < 1.29 is 14.6 Å². The van der Waals surface area contributed by atoms with Crippen molar-refractivity contribution in [2.24, 2.45) is 5.41 Å². The van der Waals surface area contributed by atoms with Gasteiger partial charge < -0.3 is 15.2 Å². The standard InChI is InChI=1S/C16H27N3O3/c1-9-7-11-12(10(2)22-9)18-19-13(11)14(21)17-16(5,6)15(3,4)8-20/h9-10,20H,7-8H2,1-6H3,(H,17,21)(H,18,19)/t9-,10+/m1/s1. The average molecular weight is 309 g/mol. The van der Waals surface area contributed by atoms with Crippen molar-refractivity contribution in [3.05, 3.63) is 17.0 Å². The number of ether oxygens (including phenoxy) is 1. The molecule has 3 N–H and O–H groups in total. The van der Waals surface area contributed by atoms with Crippen molar-refractivity contribution >= 4 is 5.91 Å². The number of nitrogens with zero attached hydrogens (tertiary/aromatic N) is 1. The van der Waals surface area contributed by atoms with Crippen molar-refractivity contribution in [1.82, 2.24) is 15.5 Å². The first kappa shape index (κ1) is 17.0. The maximum absolute atomic E-state index is 12.7. The van der Waals surface area contributed by atoms with Gasteiger partial charge >= 0.3 is 0 Å². The molecule has 2 heterocycles. The van der Waals surface area contributed by atoms with E-state index in [1.165, 1.54) is 0 Å². The number of carbonyl (C=O) groups is 1. The molecule has 1 aliphatic rings. The van der Waals surface area contributed by atoms with Gasteiger partial charge in [0, 0.05) is 22.9 Å². The summed E-state index contributed by atoms with van der Waals surface area (Å²) in [5.74, 6) is -0.217. The lowest BCUT2D eigenvalue weighted by atomic mass is 9.75. The number of hydrogen-bond donors (Lipinski definition) is 3. The SMILES string of the molecule is C[C@@H]1Cc2c(C(=O)NC(C)(C)C(C)(C)CO)n[nH]c2[C@H](C)O1. The summed E-state index contributed by atoms with van der Waals surface area (Å²) >= 11 is 0. The van der Waals surface area contributed by atoms with Gasteiger partial charge in [0.1, 0.15) is 0 Å². The van der Waals surface area contributed by atoms with E-state index in [4.69, 9.17) is 4.74 Å². The Morgan fingerprint density at radius 1 is 1.41 bits per heavy atom. The van der Waals surface area contributed by atoms with E-state index in [1.54, 1.807) is 0 Å². The molecule has 2 rings (SSSR count). The zero-order chi connectivity index (χ0) is 16.7. The second-order valence-corrected chi connectivity index (χ2v) is 7.38. The molecule has 1 aliphatic heterocycles. The third kappa shape index (κ3) is 2.90. The summed E-state index contributed by atoms with van der Waals surface area (Å²) in [5, 5.41) is 19.7. The summed E-state index contributed by atoms with van der Waals surface area (Å²) in [5.41, 5.74) is 1.23. The lowest BCUT2D eigenvalue weighted by Gasteiger charge is -2.40. The van der Waals surface area contributed by atoms with Crippen LogP contribution in [0.3, 0.4) is 0 Å². The van der Waals surface area contributed by atoms with E-state index in [0.717, 1.165) is 11.3 Å². The highest BCUT2D eigenvalue weighted by atomic mass is 16.5. The van der Waals surface area contributed by atoms with Gasteiger partial charge in [-0.25, -0.2) is 0 Å². The molecular weight excluding hydrogens is 282 g/mol. The number of nitrogens with one attached hydrogen (secondary N) is 2. The van der Waals surface area contributed by atoms with E-state index in [1.807, 2.05) is 41.5 Å². The van der Waals surface area contributed by atoms with Crippen LogP contribution in [0.25, 0.3) is 0 Å². The predicted octanol–water partition coefficient (Wildman–Crippen LogP) is 1.96. The van der Waals surface area contributed by atoms with Crippen LogP contribution in [-0.4, -0.2) is 39.5 Å². The monoisotopic (exact) mass is 309 g/mol. The molecule has 6 nitrogen and oxygen atoms in total. The van der Waals surface area contributed by atoms with E-state index in [2.05, 4.69) is 15.5 Å². The molecule has 0 spiro atoms. The van der Waals surface area contributed by atoms with Crippen LogP contribution >= 0.6 is 0 Å². The van der Waals surface area contributed by atoms with Crippen LogP contribution in [-0.2, 0) is 11.2 Å². The summed E-state index contributed by atoms with van der Waals surface area (Å²) in [6.07, 6.45) is 0.645. The fourth-order valence-corrected chi connectivity index (χ4v) is 2.57. The third-order valence-electron chi connectivity index (χ3n) is 4.96. The molecule has 6 heteroatoms. The number of aliphatic hydroxyl groups excluding tert-OH is 1. The maximum Gasteiger partial charge on any atom is 0.272 e. The van der Waals surface area contributed by atoms with Crippen LogP contribution in [0.5, 0.6) is 0 Å². The van der Waals surface area contributed by atoms with Gasteiger partial charge in [0.15, 0.2) is 5.69 Å². The number of aromatic amines is 1. The first-order valence-corrected chi connectivity index (χ1v) is 7.75. The second-order valence-electron chi connectivity index (χ2n) is 7.38. The molecule has 0 bridgehead atoms. The van der Waals surface area contributed by atoms with Crippen LogP contribution in [0.2, 0.25) is 0 Å². The van der Waals surface area contributed by atoms with Crippen molar-refractivity contribution in [1.29, 1.82) is 0 Å². The zero-order valence-corrected chi connectivity index (χ0v) is 14.3. The van der Waals surface area contributed by atoms with Gasteiger partial charge in [-0.1, -0.05) is 13.8 Å². The Labute approximate surface area is 131 Å². The molecule has 1 aromatic rings. The van der Waals surface area contributed by atoms with Gasteiger partial charge in [0.2, 0.25) is 0 Å². The maximum atomic E-state index is 12.7. The van der Waals surface area contributed by atoms with Crippen molar-refractivity contribution in [2.45, 2.75) is 65.7 Å². The normalized spacial score (nSPS) is 22.3. The Kier molecular flexibility index (Phi) is 4.37. The Balaban J connectivity index is 2.25. The van der Waals surface area contributed by atoms with Crippen molar-refractivity contribution in [3.8, 4) is 0 Å². The topological polar surface area (TPSA) is 87.2 Å². The van der Waals surface area contributed by atoms with Crippen LogP contribution < -0.4 is 5.32 Å².